The smallest absolute Gasteiger partial charge is 0.396 e. The standard InChI is InChI=1S/C12H11N5O3/c1-2-19-12(18)11-16-15-10(20-11)6-8-7-17-9(14-8)4-3-5-13-17/h3-5,7H,2,6H2,1H3. The minimum absolute atomic E-state index is 0.149. The summed E-state index contributed by atoms with van der Waals surface area (Å²) >= 11 is 0. The molecule has 0 aromatic carbocycles. The molecule has 0 fully saturated rings. The van der Waals surface area contributed by atoms with Crippen molar-refractivity contribution in [3.05, 3.63) is 42.0 Å². The third-order valence-electron chi connectivity index (χ3n) is 2.54. The van der Waals surface area contributed by atoms with E-state index in [-0.39, 0.29) is 12.5 Å². The van der Waals surface area contributed by atoms with Crippen LogP contribution in [0.2, 0.25) is 0 Å². The van der Waals surface area contributed by atoms with Gasteiger partial charge in [-0.1, -0.05) is 0 Å². The number of ether oxygens (including phenoxy) is 1. The molecule has 8 heteroatoms. The van der Waals surface area contributed by atoms with Gasteiger partial charge >= 0.3 is 11.9 Å². The Bertz CT molecular complexity index is 715. The highest BCUT2D eigenvalue weighted by Gasteiger charge is 2.16. The third-order valence-corrected chi connectivity index (χ3v) is 2.54. The molecule has 3 aromatic rings. The number of fused-ring (bicyclic) bond motifs is 1. The molecule has 20 heavy (non-hydrogen) atoms. The van der Waals surface area contributed by atoms with Crippen LogP contribution in [0.1, 0.15) is 29.2 Å². The van der Waals surface area contributed by atoms with Crippen LogP contribution in [0.4, 0.5) is 0 Å². The summed E-state index contributed by atoms with van der Waals surface area (Å²) in [5, 5.41) is 11.6. The molecule has 0 aliphatic heterocycles. The highest BCUT2D eigenvalue weighted by molar-refractivity contribution is 5.83. The van der Waals surface area contributed by atoms with Gasteiger partial charge in [0.1, 0.15) is 0 Å². The Hall–Kier alpha value is -2.77. The first-order valence-electron chi connectivity index (χ1n) is 6.05. The zero-order chi connectivity index (χ0) is 13.9. The molecular formula is C12H11N5O3. The summed E-state index contributed by atoms with van der Waals surface area (Å²) in [7, 11) is 0. The van der Waals surface area contributed by atoms with Crippen molar-refractivity contribution in [1.82, 2.24) is 24.8 Å². The van der Waals surface area contributed by atoms with Crippen LogP contribution in [0.25, 0.3) is 5.65 Å². The lowest BCUT2D eigenvalue weighted by atomic mass is 10.3. The lowest BCUT2D eigenvalue weighted by molar-refractivity contribution is 0.0479. The second-order valence-corrected chi connectivity index (χ2v) is 3.96. The van der Waals surface area contributed by atoms with Crippen molar-refractivity contribution in [1.29, 1.82) is 0 Å². The molecule has 0 spiro atoms. The second kappa shape index (κ2) is 5.08. The minimum Gasteiger partial charge on any atom is -0.459 e. The Morgan fingerprint density at radius 1 is 1.45 bits per heavy atom. The number of imidazole rings is 1. The molecule has 3 heterocycles. The Kier molecular flexibility index (Phi) is 3.12. The zero-order valence-corrected chi connectivity index (χ0v) is 10.7. The van der Waals surface area contributed by atoms with Crippen molar-refractivity contribution in [2.75, 3.05) is 6.61 Å². The Morgan fingerprint density at radius 3 is 3.15 bits per heavy atom. The van der Waals surface area contributed by atoms with E-state index in [9.17, 15) is 4.79 Å². The van der Waals surface area contributed by atoms with Gasteiger partial charge in [-0.05, 0) is 19.1 Å². The molecule has 3 rings (SSSR count). The van der Waals surface area contributed by atoms with Crippen molar-refractivity contribution in [2.45, 2.75) is 13.3 Å². The van der Waals surface area contributed by atoms with Crippen LogP contribution in [-0.4, -0.2) is 37.4 Å². The fourth-order valence-electron chi connectivity index (χ4n) is 1.72. The van der Waals surface area contributed by atoms with Crippen LogP contribution >= 0.6 is 0 Å². The van der Waals surface area contributed by atoms with Gasteiger partial charge in [0.05, 0.1) is 24.9 Å². The lowest BCUT2D eigenvalue weighted by Gasteiger charge is -1.94. The normalized spacial score (nSPS) is 10.8. The van der Waals surface area contributed by atoms with Crippen LogP contribution in [-0.2, 0) is 11.2 Å². The van der Waals surface area contributed by atoms with Gasteiger partial charge < -0.3 is 9.15 Å². The van der Waals surface area contributed by atoms with Crippen LogP contribution in [0.3, 0.4) is 0 Å². The van der Waals surface area contributed by atoms with E-state index in [0.717, 1.165) is 11.3 Å². The van der Waals surface area contributed by atoms with E-state index in [2.05, 4.69) is 20.3 Å². The molecular weight excluding hydrogens is 262 g/mol. The maximum atomic E-state index is 11.4. The van der Waals surface area contributed by atoms with E-state index in [0.29, 0.717) is 12.3 Å². The molecule has 0 atom stereocenters. The van der Waals surface area contributed by atoms with Gasteiger partial charge in [-0.3, -0.25) is 0 Å². The minimum atomic E-state index is -0.622. The van der Waals surface area contributed by atoms with Crippen LogP contribution in [0, 0.1) is 0 Å². The zero-order valence-electron chi connectivity index (χ0n) is 10.7. The molecule has 8 nitrogen and oxygen atoms in total. The molecule has 0 saturated heterocycles. The largest absolute Gasteiger partial charge is 0.459 e. The maximum Gasteiger partial charge on any atom is 0.396 e. The predicted molar refractivity (Wildman–Crippen MR) is 66.0 cm³/mol. The Morgan fingerprint density at radius 2 is 2.35 bits per heavy atom. The quantitative estimate of drug-likeness (QED) is 0.651. The number of hydrogen-bond donors (Lipinski definition) is 0. The van der Waals surface area contributed by atoms with Gasteiger partial charge in [-0.25, -0.2) is 14.3 Å². The van der Waals surface area contributed by atoms with Crippen molar-refractivity contribution in [2.24, 2.45) is 0 Å². The van der Waals surface area contributed by atoms with Crippen LogP contribution in [0.5, 0.6) is 0 Å². The van der Waals surface area contributed by atoms with Crippen molar-refractivity contribution in [3.8, 4) is 0 Å². The van der Waals surface area contributed by atoms with E-state index >= 15 is 0 Å². The summed E-state index contributed by atoms with van der Waals surface area (Å²) in [6.45, 7) is 1.97. The van der Waals surface area contributed by atoms with Crippen molar-refractivity contribution < 1.29 is 13.9 Å². The molecule has 0 saturated carbocycles. The number of aromatic nitrogens is 5. The molecule has 0 unspecified atom stereocenters. The molecule has 0 aliphatic carbocycles. The first kappa shape index (κ1) is 12.3. The number of rotatable bonds is 4. The maximum absolute atomic E-state index is 11.4. The molecule has 102 valence electrons. The van der Waals surface area contributed by atoms with Gasteiger partial charge in [-0.15, -0.1) is 10.2 Å². The summed E-state index contributed by atoms with van der Waals surface area (Å²) in [5.74, 6) is -0.469. The number of carbonyl (C=O) groups excluding carboxylic acids is 1. The highest BCUT2D eigenvalue weighted by Crippen LogP contribution is 2.09. The number of hydrogen-bond acceptors (Lipinski definition) is 7. The van der Waals surface area contributed by atoms with Crippen LogP contribution in [0.15, 0.2) is 28.9 Å². The van der Waals surface area contributed by atoms with Gasteiger partial charge in [-0.2, -0.15) is 5.10 Å². The monoisotopic (exact) mass is 273 g/mol. The fourth-order valence-corrected chi connectivity index (χ4v) is 1.72. The van der Waals surface area contributed by atoms with E-state index in [4.69, 9.17) is 9.15 Å². The van der Waals surface area contributed by atoms with E-state index in [1.807, 2.05) is 6.07 Å². The third kappa shape index (κ3) is 2.35. The summed E-state index contributed by atoms with van der Waals surface area (Å²) in [4.78, 5) is 15.8. The topological polar surface area (TPSA) is 95.4 Å². The van der Waals surface area contributed by atoms with Crippen molar-refractivity contribution in [3.63, 3.8) is 0 Å². The fraction of sp³-hybridized carbons (Fsp3) is 0.250. The molecule has 0 amide bonds. The van der Waals surface area contributed by atoms with Gasteiger partial charge in [0.2, 0.25) is 5.89 Å². The summed E-state index contributed by atoms with van der Waals surface area (Å²) in [5.41, 5.74) is 1.45. The van der Waals surface area contributed by atoms with E-state index in [1.165, 1.54) is 0 Å². The van der Waals surface area contributed by atoms with Gasteiger partial charge in [0, 0.05) is 6.20 Å². The van der Waals surface area contributed by atoms with Gasteiger partial charge in [0.15, 0.2) is 5.65 Å². The average Bonchev–Trinajstić information content (AvgIpc) is 3.05. The number of esters is 1. The molecule has 0 bridgehead atoms. The number of carbonyl (C=O) groups is 1. The molecule has 0 aliphatic rings. The number of nitrogens with zero attached hydrogens (tertiary/aromatic N) is 5. The predicted octanol–water partition coefficient (Wildman–Crippen LogP) is 0.880. The van der Waals surface area contributed by atoms with Crippen molar-refractivity contribution >= 4 is 11.6 Å². The second-order valence-electron chi connectivity index (χ2n) is 3.96. The Balaban J connectivity index is 1.79. The van der Waals surface area contributed by atoms with E-state index in [1.54, 1.807) is 29.9 Å². The van der Waals surface area contributed by atoms with Gasteiger partial charge in [0.25, 0.3) is 0 Å². The van der Waals surface area contributed by atoms with E-state index < -0.39 is 5.97 Å². The highest BCUT2D eigenvalue weighted by atomic mass is 16.5. The summed E-state index contributed by atoms with van der Waals surface area (Å²) in [6.07, 6.45) is 3.77. The average molecular weight is 273 g/mol. The summed E-state index contributed by atoms with van der Waals surface area (Å²) in [6, 6.07) is 3.64. The molecule has 0 radical (unpaired) electrons. The Labute approximate surface area is 113 Å². The summed E-state index contributed by atoms with van der Waals surface area (Å²) < 4.78 is 11.7. The first-order valence-corrected chi connectivity index (χ1v) is 6.05. The molecule has 0 N–H and O–H groups in total. The van der Waals surface area contributed by atoms with Crippen LogP contribution < -0.4 is 0 Å². The first-order chi connectivity index (χ1) is 9.76. The lowest BCUT2D eigenvalue weighted by Crippen LogP contribution is -2.04. The SMILES string of the molecule is CCOC(=O)c1nnc(Cc2cn3ncccc3n2)o1. The molecule has 3 aromatic heterocycles.